The second-order valence-corrected chi connectivity index (χ2v) is 9.08. The summed E-state index contributed by atoms with van der Waals surface area (Å²) < 4.78 is 7.30. The topological polar surface area (TPSA) is 129 Å². The van der Waals surface area contributed by atoms with E-state index in [-0.39, 0.29) is 17.0 Å². The van der Waals surface area contributed by atoms with Crippen LogP contribution >= 0.6 is 27.5 Å². The maximum atomic E-state index is 13.0. The Hall–Kier alpha value is -4.09. The first kappa shape index (κ1) is 26.0. The number of hydrogen-bond donors (Lipinski definition) is 1. The number of nitrogens with one attached hydrogen (secondary N) is 1. The summed E-state index contributed by atoms with van der Waals surface area (Å²) in [6.07, 6.45) is 1.78. The third-order valence-corrected chi connectivity index (χ3v) is 5.93. The number of aromatic nitrogens is 2. The van der Waals surface area contributed by atoms with Crippen LogP contribution in [0.25, 0.3) is 10.9 Å². The lowest BCUT2D eigenvalue weighted by Gasteiger charge is -2.09. The molecule has 1 heterocycles. The van der Waals surface area contributed by atoms with E-state index in [4.69, 9.17) is 16.3 Å². The van der Waals surface area contributed by atoms with Crippen LogP contribution < -0.4 is 15.6 Å². The Kier molecular flexibility index (Phi) is 7.95. The lowest BCUT2D eigenvalue weighted by Crippen LogP contribution is -2.22. The first-order valence-corrected chi connectivity index (χ1v) is 12.1. The molecule has 10 nitrogen and oxygen atoms in total. The molecule has 4 rings (SSSR count). The van der Waals surface area contributed by atoms with Crippen molar-refractivity contribution in [1.82, 2.24) is 9.66 Å². The zero-order valence-corrected chi connectivity index (χ0v) is 21.7. The number of nitrogens with zero attached hydrogens (tertiary/aromatic N) is 4. The number of ether oxygens (including phenoxy) is 1. The van der Waals surface area contributed by atoms with Gasteiger partial charge in [-0.05, 0) is 54.6 Å². The average Bonchev–Trinajstić information content (AvgIpc) is 2.88. The minimum absolute atomic E-state index is 0.0861. The van der Waals surface area contributed by atoms with Gasteiger partial charge in [0.05, 0.1) is 22.0 Å². The smallest absolute Gasteiger partial charge is 0.311 e. The molecule has 1 N–H and O–H groups in total. The highest BCUT2D eigenvalue weighted by atomic mass is 79.9. The first-order valence-electron chi connectivity index (χ1n) is 11.0. The fraction of sp³-hybridized carbons (Fsp3) is 0.120. The van der Waals surface area contributed by atoms with Gasteiger partial charge in [-0.25, -0.2) is 4.98 Å². The van der Waals surface area contributed by atoms with E-state index in [1.807, 2.05) is 6.92 Å². The molecular formula is C25H19BrClN5O5. The molecule has 1 amide bonds. The minimum Gasteiger partial charge on any atom is -0.477 e. The number of benzene rings is 3. The van der Waals surface area contributed by atoms with Gasteiger partial charge < -0.3 is 10.1 Å². The number of carbonyl (C=O) groups excluding carboxylic acids is 1. The average molecular weight is 585 g/mol. The zero-order valence-electron chi connectivity index (χ0n) is 19.4. The monoisotopic (exact) mass is 583 g/mol. The van der Waals surface area contributed by atoms with E-state index in [0.717, 1.165) is 4.47 Å². The Labute approximate surface area is 223 Å². The minimum atomic E-state index is -0.622. The summed E-state index contributed by atoms with van der Waals surface area (Å²) >= 11 is 9.18. The molecule has 0 atom stereocenters. The number of nitro benzene ring substituents is 1. The van der Waals surface area contributed by atoms with Crippen LogP contribution in [0.15, 0.2) is 75.0 Å². The predicted molar refractivity (Wildman–Crippen MR) is 145 cm³/mol. The van der Waals surface area contributed by atoms with Crippen molar-refractivity contribution in [3.63, 3.8) is 0 Å². The molecule has 0 aliphatic heterocycles. The standard InChI is InChI=1S/C25H19BrClN5O5/c1-2-23-30-20-9-4-16(26)12-19(20)25(34)31(23)28-13-15-3-10-22(21(11-15)32(35)36)37-14-24(33)29-18-7-5-17(27)6-8-18/h3-13H,2,14H2,1H3,(H,29,33). The predicted octanol–water partition coefficient (Wildman–Crippen LogP) is 5.18. The molecule has 4 aromatic rings. The molecule has 188 valence electrons. The summed E-state index contributed by atoms with van der Waals surface area (Å²) in [4.78, 5) is 40.7. The van der Waals surface area contributed by atoms with Gasteiger partial charge in [-0.3, -0.25) is 19.7 Å². The van der Waals surface area contributed by atoms with Crippen LogP contribution in [-0.2, 0) is 11.2 Å². The van der Waals surface area contributed by atoms with Gasteiger partial charge in [-0.1, -0.05) is 34.5 Å². The number of hydrogen-bond acceptors (Lipinski definition) is 7. The molecule has 0 spiro atoms. The van der Waals surface area contributed by atoms with Gasteiger partial charge in [0.2, 0.25) is 0 Å². The van der Waals surface area contributed by atoms with Crippen molar-refractivity contribution >= 4 is 61.9 Å². The van der Waals surface area contributed by atoms with Crippen LogP contribution in [0, 0.1) is 10.1 Å². The van der Waals surface area contributed by atoms with Crippen molar-refractivity contribution < 1.29 is 14.5 Å². The van der Waals surface area contributed by atoms with Crippen molar-refractivity contribution in [2.45, 2.75) is 13.3 Å². The second-order valence-electron chi connectivity index (χ2n) is 7.73. The van der Waals surface area contributed by atoms with Gasteiger partial charge in [0.25, 0.3) is 11.5 Å². The molecule has 0 aliphatic carbocycles. The van der Waals surface area contributed by atoms with Crippen molar-refractivity contribution in [2.75, 3.05) is 11.9 Å². The van der Waals surface area contributed by atoms with Crippen molar-refractivity contribution in [3.8, 4) is 5.75 Å². The van der Waals surface area contributed by atoms with Gasteiger partial charge >= 0.3 is 5.69 Å². The quantitative estimate of drug-likeness (QED) is 0.173. The Balaban J connectivity index is 1.55. The number of anilines is 1. The summed E-state index contributed by atoms with van der Waals surface area (Å²) in [5.41, 5.74) is 0.699. The molecule has 0 saturated heterocycles. The lowest BCUT2D eigenvalue weighted by atomic mass is 10.2. The maximum absolute atomic E-state index is 13.0. The number of fused-ring (bicyclic) bond motifs is 1. The molecule has 0 saturated carbocycles. The molecule has 0 radical (unpaired) electrons. The van der Waals surface area contributed by atoms with E-state index in [0.29, 0.717) is 39.4 Å². The van der Waals surface area contributed by atoms with E-state index in [2.05, 4.69) is 31.3 Å². The normalized spacial score (nSPS) is 11.1. The number of amides is 1. The summed E-state index contributed by atoms with van der Waals surface area (Å²) in [6, 6.07) is 15.8. The largest absolute Gasteiger partial charge is 0.477 e. The summed E-state index contributed by atoms with van der Waals surface area (Å²) in [5, 5.41) is 19.4. The van der Waals surface area contributed by atoms with Crippen LogP contribution in [-0.4, -0.2) is 33.3 Å². The van der Waals surface area contributed by atoms with Crippen molar-refractivity contribution in [3.05, 3.63) is 102 Å². The molecule has 0 bridgehead atoms. The molecule has 12 heteroatoms. The fourth-order valence-electron chi connectivity index (χ4n) is 3.42. The van der Waals surface area contributed by atoms with Crippen molar-refractivity contribution in [2.24, 2.45) is 5.10 Å². The number of rotatable bonds is 8. The highest BCUT2D eigenvalue weighted by Crippen LogP contribution is 2.27. The maximum Gasteiger partial charge on any atom is 0.311 e. The van der Waals surface area contributed by atoms with E-state index in [1.54, 1.807) is 42.5 Å². The molecule has 3 aromatic carbocycles. The first-order chi connectivity index (χ1) is 17.7. The van der Waals surface area contributed by atoms with Gasteiger partial charge in [0, 0.05) is 33.2 Å². The van der Waals surface area contributed by atoms with Crippen LogP contribution in [0.2, 0.25) is 5.02 Å². The van der Waals surface area contributed by atoms with Gasteiger partial charge in [-0.15, -0.1) is 0 Å². The fourth-order valence-corrected chi connectivity index (χ4v) is 3.91. The zero-order chi connectivity index (χ0) is 26.5. The highest BCUT2D eigenvalue weighted by molar-refractivity contribution is 9.10. The Morgan fingerprint density at radius 1 is 1.22 bits per heavy atom. The van der Waals surface area contributed by atoms with Crippen LogP contribution in [0.4, 0.5) is 11.4 Å². The number of carbonyl (C=O) groups is 1. The lowest BCUT2D eigenvalue weighted by molar-refractivity contribution is -0.385. The molecule has 1 aromatic heterocycles. The SMILES string of the molecule is CCc1nc2ccc(Br)cc2c(=O)n1N=Cc1ccc(OCC(=O)Nc2ccc(Cl)cc2)c([N+](=O)[O-])c1. The van der Waals surface area contributed by atoms with Gasteiger partial charge in [0.1, 0.15) is 5.82 Å². The van der Waals surface area contributed by atoms with E-state index < -0.39 is 17.4 Å². The Bertz CT molecular complexity index is 1590. The van der Waals surface area contributed by atoms with Crippen molar-refractivity contribution in [1.29, 1.82) is 0 Å². The van der Waals surface area contributed by atoms with Gasteiger partial charge in [0.15, 0.2) is 12.4 Å². The highest BCUT2D eigenvalue weighted by Gasteiger charge is 2.17. The molecule has 0 aliphatic rings. The Morgan fingerprint density at radius 2 is 1.97 bits per heavy atom. The molecule has 37 heavy (non-hydrogen) atoms. The van der Waals surface area contributed by atoms with Crippen LogP contribution in [0.1, 0.15) is 18.3 Å². The van der Waals surface area contributed by atoms with Crippen LogP contribution in [0.5, 0.6) is 5.75 Å². The second kappa shape index (κ2) is 11.3. The molecule has 0 unspecified atom stereocenters. The molecular weight excluding hydrogens is 566 g/mol. The van der Waals surface area contributed by atoms with E-state index >= 15 is 0 Å². The molecule has 0 fully saturated rings. The number of halogens is 2. The summed E-state index contributed by atoms with van der Waals surface area (Å²) in [7, 11) is 0. The summed E-state index contributed by atoms with van der Waals surface area (Å²) in [6.45, 7) is 1.41. The Morgan fingerprint density at radius 3 is 2.68 bits per heavy atom. The third kappa shape index (κ3) is 6.19. The van der Waals surface area contributed by atoms with Crippen LogP contribution in [0.3, 0.4) is 0 Å². The van der Waals surface area contributed by atoms with E-state index in [9.17, 15) is 19.7 Å². The number of aryl methyl sites for hydroxylation is 1. The summed E-state index contributed by atoms with van der Waals surface area (Å²) in [5.74, 6) is -0.140. The third-order valence-electron chi connectivity index (χ3n) is 5.18. The van der Waals surface area contributed by atoms with E-state index in [1.165, 1.54) is 29.1 Å². The number of nitro groups is 1. The van der Waals surface area contributed by atoms with Gasteiger partial charge in [-0.2, -0.15) is 9.78 Å².